The Hall–Kier alpha value is -2.25. The molecular weight excluding hydrogens is 401 g/mol. The summed E-state index contributed by atoms with van der Waals surface area (Å²) in [5.74, 6) is -0.807. The molecular formula is C19H21BrFN3O2. The summed E-state index contributed by atoms with van der Waals surface area (Å²) in [5.41, 5.74) is 3.11. The molecule has 0 unspecified atom stereocenters. The van der Waals surface area contributed by atoms with Crippen molar-refractivity contribution in [1.82, 2.24) is 10.2 Å². The molecule has 0 aliphatic heterocycles. The normalized spacial score (nSPS) is 10.7. The highest BCUT2D eigenvalue weighted by Crippen LogP contribution is 2.17. The molecule has 0 bridgehead atoms. The number of hydrogen-bond donors (Lipinski definition) is 2. The van der Waals surface area contributed by atoms with Crippen LogP contribution in [0.3, 0.4) is 0 Å². The van der Waals surface area contributed by atoms with Crippen LogP contribution in [0.1, 0.15) is 16.7 Å². The summed E-state index contributed by atoms with van der Waals surface area (Å²) in [5, 5.41) is 4.93. The molecule has 0 aliphatic rings. The van der Waals surface area contributed by atoms with Crippen LogP contribution >= 0.6 is 15.9 Å². The zero-order chi connectivity index (χ0) is 19.3. The Morgan fingerprint density at radius 3 is 2.58 bits per heavy atom. The lowest BCUT2D eigenvalue weighted by atomic mass is 10.1. The second kappa shape index (κ2) is 8.91. The van der Waals surface area contributed by atoms with E-state index in [1.165, 1.54) is 6.07 Å². The molecule has 0 spiro atoms. The SMILES string of the molecule is Cc1ccc(NC(=O)NC(=O)CN(C)Cc2cc(Br)ccc2F)c(C)c1. The zero-order valence-electron chi connectivity index (χ0n) is 14.9. The number of nitrogens with zero attached hydrogens (tertiary/aromatic N) is 1. The molecule has 0 saturated carbocycles. The van der Waals surface area contributed by atoms with Gasteiger partial charge < -0.3 is 5.32 Å². The predicted octanol–water partition coefficient (Wildman–Crippen LogP) is 3.99. The number of nitrogens with one attached hydrogen (secondary N) is 2. The summed E-state index contributed by atoms with van der Waals surface area (Å²) in [7, 11) is 1.68. The molecule has 2 rings (SSSR count). The highest BCUT2D eigenvalue weighted by Gasteiger charge is 2.13. The average Bonchev–Trinajstić information content (AvgIpc) is 2.53. The third-order valence-corrected chi connectivity index (χ3v) is 4.24. The van der Waals surface area contributed by atoms with Gasteiger partial charge in [0, 0.05) is 22.3 Å². The monoisotopic (exact) mass is 421 g/mol. The molecule has 2 aromatic rings. The number of benzene rings is 2. The molecule has 26 heavy (non-hydrogen) atoms. The quantitative estimate of drug-likeness (QED) is 0.766. The average molecular weight is 422 g/mol. The van der Waals surface area contributed by atoms with Crippen molar-refractivity contribution >= 4 is 33.6 Å². The number of hydrogen-bond acceptors (Lipinski definition) is 3. The van der Waals surface area contributed by atoms with Gasteiger partial charge in [0.1, 0.15) is 5.82 Å². The lowest BCUT2D eigenvalue weighted by Crippen LogP contribution is -2.40. The van der Waals surface area contributed by atoms with Crippen LogP contribution < -0.4 is 10.6 Å². The van der Waals surface area contributed by atoms with Gasteiger partial charge >= 0.3 is 6.03 Å². The number of carbonyl (C=O) groups excluding carboxylic acids is 2. The third-order valence-electron chi connectivity index (χ3n) is 3.74. The molecule has 0 saturated heterocycles. The van der Waals surface area contributed by atoms with E-state index < -0.39 is 11.9 Å². The first-order valence-electron chi connectivity index (χ1n) is 8.05. The molecule has 5 nitrogen and oxygen atoms in total. The van der Waals surface area contributed by atoms with Crippen LogP contribution in [0.25, 0.3) is 0 Å². The lowest BCUT2D eigenvalue weighted by molar-refractivity contribution is -0.120. The molecule has 0 aliphatic carbocycles. The molecule has 0 radical (unpaired) electrons. The van der Waals surface area contributed by atoms with Gasteiger partial charge in [0.15, 0.2) is 0 Å². The number of aryl methyl sites for hydroxylation is 2. The molecule has 138 valence electrons. The minimum atomic E-state index is -0.594. The van der Waals surface area contributed by atoms with Crippen LogP contribution in [-0.2, 0) is 11.3 Å². The first-order chi connectivity index (χ1) is 12.2. The molecule has 2 N–H and O–H groups in total. The van der Waals surface area contributed by atoms with Crippen molar-refractivity contribution in [2.24, 2.45) is 0 Å². The second-order valence-electron chi connectivity index (χ2n) is 6.23. The summed E-state index contributed by atoms with van der Waals surface area (Å²) in [6, 6.07) is 9.66. The maximum absolute atomic E-state index is 13.8. The van der Waals surface area contributed by atoms with Crippen molar-refractivity contribution in [3.05, 3.63) is 63.4 Å². The largest absolute Gasteiger partial charge is 0.325 e. The smallest absolute Gasteiger partial charge is 0.307 e. The minimum Gasteiger partial charge on any atom is -0.307 e. The fraction of sp³-hybridized carbons (Fsp3) is 0.263. The van der Waals surface area contributed by atoms with Gasteiger partial charge in [0.25, 0.3) is 0 Å². The summed E-state index contributed by atoms with van der Waals surface area (Å²) >= 11 is 3.29. The molecule has 0 heterocycles. The fourth-order valence-electron chi connectivity index (χ4n) is 2.53. The van der Waals surface area contributed by atoms with Gasteiger partial charge in [-0.05, 0) is 50.7 Å². The van der Waals surface area contributed by atoms with Gasteiger partial charge in [-0.25, -0.2) is 9.18 Å². The number of rotatable bonds is 5. The van der Waals surface area contributed by atoms with E-state index in [2.05, 4.69) is 26.6 Å². The Labute approximate surface area is 160 Å². The topological polar surface area (TPSA) is 61.4 Å². The fourth-order valence-corrected chi connectivity index (χ4v) is 2.94. The number of amides is 3. The van der Waals surface area contributed by atoms with Gasteiger partial charge in [0.2, 0.25) is 5.91 Å². The van der Waals surface area contributed by atoms with Gasteiger partial charge in [-0.1, -0.05) is 33.6 Å². The number of imide groups is 1. The van der Waals surface area contributed by atoms with Crippen LogP contribution in [0.4, 0.5) is 14.9 Å². The predicted molar refractivity (Wildman–Crippen MR) is 104 cm³/mol. The van der Waals surface area contributed by atoms with Crippen molar-refractivity contribution in [3.8, 4) is 0 Å². The number of likely N-dealkylation sites (N-methyl/N-ethyl adjacent to an activating group) is 1. The van der Waals surface area contributed by atoms with E-state index in [9.17, 15) is 14.0 Å². The Morgan fingerprint density at radius 2 is 1.88 bits per heavy atom. The van der Waals surface area contributed by atoms with Crippen molar-refractivity contribution in [1.29, 1.82) is 0 Å². The maximum atomic E-state index is 13.8. The Morgan fingerprint density at radius 1 is 1.15 bits per heavy atom. The van der Waals surface area contributed by atoms with Gasteiger partial charge in [-0.3, -0.25) is 15.0 Å². The maximum Gasteiger partial charge on any atom is 0.325 e. The Kier molecular flexibility index (Phi) is 6.88. The highest BCUT2D eigenvalue weighted by molar-refractivity contribution is 9.10. The minimum absolute atomic E-state index is 0.0355. The Bertz CT molecular complexity index is 826. The third kappa shape index (κ3) is 5.93. The van der Waals surface area contributed by atoms with Crippen molar-refractivity contribution in [2.45, 2.75) is 20.4 Å². The van der Waals surface area contributed by atoms with Crippen molar-refractivity contribution in [3.63, 3.8) is 0 Å². The molecule has 3 amide bonds. The van der Waals surface area contributed by atoms with Crippen LogP contribution in [-0.4, -0.2) is 30.4 Å². The lowest BCUT2D eigenvalue weighted by Gasteiger charge is -2.17. The molecule has 2 aromatic carbocycles. The standard InChI is InChI=1S/C19H21BrFN3O2/c1-12-4-7-17(13(2)8-12)22-19(26)23-18(25)11-24(3)10-14-9-15(20)5-6-16(14)21/h4-9H,10-11H2,1-3H3,(H2,22,23,25,26). The molecule has 0 atom stereocenters. The summed E-state index contributed by atoms with van der Waals surface area (Å²) < 4.78 is 14.5. The van der Waals surface area contributed by atoms with E-state index in [1.54, 1.807) is 30.1 Å². The van der Waals surface area contributed by atoms with Gasteiger partial charge in [-0.2, -0.15) is 0 Å². The van der Waals surface area contributed by atoms with Crippen LogP contribution in [0.2, 0.25) is 0 Å². The number of halogens is 2. The number of urea groups is 1. The van der Waals surface area contributed by atoms with Crippen LogP contribution in [0.5, 0.6) is 0 Å². The zero-order valence-corrected chi connectivity index (χ0v) is 16.5. The molecule has 0 fully saturated rings. The van der Waals surface area contributed by atoms with Gasteiger partial charge in [-0.15, -0.1) is 0 Å². The van der Waals surface area contributed by atoms with Crippen molar-refractivity contribution < 1.29 is 14.0 Å². The van der Waals surface area contributed by atoms with E-state index >= 15 is 0 Å². The summed E-state index contributed by atoms with van der Waals surface area (Å²) in [6.07, 6.45) is 0. The van der Waals surface area contributed by atoms with E-state index in [0.717, 1.165) is 15.6 Å². The van der Waals surface area contributed by atoms with E-state index in [0.29, 0.717) is 11.3 Å². The first-order valence-corrected chi connectivity index (χ1v) is 8.84. The molecule has 0 aromatic heterocycles. The van der Waals surface area contributed by atoms with E-state index in [1.807, 2.05) is 26.0 Å². The Balaban J connectivity index is 1.87. The van der Waals surface area contributed by atoms with Crippen LogP contribution in [0, 0.1) is 19.7 Å². The first kappa shape index (κ1) is 20.1. The van der Waals surface area contributed by atoms with E-state index in [-0.39, 0.29) is 18.9 Å². The van der Waals surface area contributed by atoms with Gasteiger partial charge in [0.05, 0.1) is 6.54 Å². The summed E-state index contributed by atoms with van der Waals surface area (Å²) in [4.78, 5) is 25.6. The number of carbonyl (C=O) groups is 2. The van der Waals surface area contributed by atoms with Crippen molar-refractivity contribution in [2.75, 3.05) is 18.9 Å². The number of anilines is 1. The highest BCUT2D eigenvalue weighted by atomic mass is 79.9. The van der Waals surface area contributed by atoms with E-state index in [4.69, 9.17) is 0 Å². The second-order valence-corrected chi connectivity index (χ2v) is 7.14. The molecule has 7 heteroatoms. The van der Waals surface area contributed by atoms with Crippen LogP contribution in [0.15, 0.2) is 40.9 Å². The summed E-state index contributed by atoms with van der Waals surface area (Å²) in [6.45, 7) is 4.05.